The van der Waals surface area contributed by atoms with Gasteiger partial charge in [-0.05, 0) is 18.9 Å². The van der Waals surface area contributed by atoms with E-state index in [1.165, 1.54) is 24.0 Å². The molecular formula is C11H16ClNO. The summed E-state index contributed by atoms with van der Waals surface area (Å²) in [4.78, 5) is 0. The molecule has 2 rings (SSSR count). The van der Waals surface area contributed by atoms with Gasteiger partial charge in [-0.25, -0.2) is 0 Å². The fourth-order valence-corrected chi connectivity index (χ4v) is 2.10. The van der Waals surface area contributed by atoms with Crippen LogP contribution in [0.3, 0.4) is 0 Å². The fourth-order valence-electron chi connectivity index (χ4n) is 2.10. The fraction of sp³-hybridized carbons (Fsp3) is 0.455. The van der Waals surface area contributed by atoms with E-state index in [0.29, 0.717) is 6.04 Å². The lowest BCUT2D eigenvalue weighted by molar-refractivity contribution is -0.429. The highest BCUT2D eigenvalue weighted by molar-refractivity contribution is 5.42. The Morgan fingerprint density at radius 2 is 2.21 bits per heavy atom. The molecule has 1 aliphatic rings. The molecule has 1 aromatic carbocycles. The summed E-state index contributed by atoms with van der Waals surface area (Å²) in [6, 6.07) is 6.73. The summed E-state index contributed by atoms with van der Waals surface area (Å²) >= 11 is 0. The summed E-state index contributed by atoms with van der Waals surface area (Å²) < 4.78 is 5.33. The van der Waals surface area contributed by atoms with Crippen LogP contribution in [0.25, 0.3) is 0 Å². The van der Waals surface area contributed by atoms with E-state index >= 15 is 0 Å². The summed E-state index contributed by atoms with van der Waals surface area (Å²) in [5.74, 6) is 1.03. The molecule has 3 N–H and O–H groups in total. The molecule has 0 saturated carbocycles. The van der Waals surface area contributed by atoms with Crippen LogP contribution in [0.5, 0.6) is 5.75 Å². The molecule has 0 radical (unpaired) electrons. The largest absolute Gasteiger partial charge is 1.00 e. The molecule has 1 unspecified atom stereocenters. The molecule has 0 bridgehead atoms. The van der Waals surface area contributed by atoms with E-state index in [-0.39, 0.29) is 12.4 Å². The number of ether oxygens (including phenoxy) is 1. The van der Waals surface area contributed by atoms with Gasteiger partial charge in [-0.2, -0.15) is 0 Å². The highest BCUT2D eigenvalue weighted by Crippen LogP contribution is 2.32. The third-order valence-electron chi connectivity index (χ3n) is 2.81. The monoisotopic (exact) mass is 213 g/mol. The number of quaternary nitrogens is 1. The molecule has 1 atom stereocenters. The number of fused-ring (bicyclic) bond motifs is 1. The van der Waals surface area contributed by atoms with Crippen LogP contribution in [0, 0.1) is 0 Å². The normalized spacial score (nSPS) is 19.4. The number of methoxy groups -OCH3 is 1. The topological polar surface area (TPSA) is 36.9 Å². The summed E-state index contributed by atoms with van der Waals surface area (Å²) in [5.41, 5.74) is 6.91. The Labute approximate surface area is 90.9 Å². The average Bonchev–Trinajstić information content (AvgIpc) is 2.18. The van der Waals surface area contributed by atoms with Crippen LogP contribution in [-0.2, 0) is 6.42 Å². The molecule has 0 amide bonds. The maximum atomic E-state index is 5.33. The Balaban J connectivity index is 0.000000980. The summed E-state index contributed by atoms with van der Waals surface area (Å²) in [5, 5.41) is 0. The van der Waals surface area contributed by atoms with Gasteiger partial charge in [0.2, 0.25) is 0 Å². The Kier molecular flexibility index (Phi) is 3.78. The molecule has 0 aliphatic heterocycles. The van der Waals surface area contributed by atoms with Gasteiger partial charge in [0.25, 0.3) is 0 Å². The van der Waals surface area contributed by atoms with E-state index < -0.39 is 0 Å². The van der Waals surface area contributed by atoms with Gasteiger partial charge in [0.05, 0.1) is 7.11 Å². The number of hydrogen-bond donors (Lipinski definition) is 1. The molecule has 78 valence electrons. The molecule has 0 spiro atoms. The maximum absolute atomic E-state index is 5.33. The van der Waals surface area contributed by atoms with Gasteiger partial charge in [0.1, 0.15) is 11.8 Å². The van der Waals surface area contributed by atoms with Gasteiger partial charge in [-0.3, -0.25) is 0 Å². The van der Waals surface area contributed by atoms with E-state index in [1.807, 2.05) is 6.07 Å². The van der Waals surface area contributed by atoms with Crippen molar-refractivity contribution in [3.63, 3.8) is 0 Å². The number of benzene rings is 1. The van der Waals surface area contributed by atoms with Crippen molar-refractivity contribution in [2.75, 3.05) is 7.11 Å². The van der Waals surface area contributed by atoms with Crippen molar-refractivity contribution in [2.24, 2.45) is 0 Å². The minimum Gasteiger partial charge on any atom is -1.00 e. The van der Waals surface area contributed by atoms with Gasteiger partial charge in [0, 0.05) is 17.5 Å². The summed E-state index contributed by atoms with van der Waals surface area (Å²) in [7, 11) is 1.74. The SMILES string of the molecule is COc1cccc2c1CCCC2[NH3+].[Cl-]. The van der Waals surface area contributed by atoms with Crippen molar-refractivity contribution in [2.45, 2.75) is 25.3 Å². The highest BCUT2D eigenvalue weighted by Gasteiger charge is 2.21. The van der Waals surface area contributed by atoms with E-state index in [4.69, 9.17) is 4.74 Å². The quantitative estimate of drug-likeness (QED) is 0.595. The first-order valence-electron chi connectivity index (χ1n) is 4.82. The van der Waals surface area contributed by atoms with E-state index in [1.54, 1.807) is 7.11 Å². The first kappa shape index (κ1) is 11.3. The van der Waals surface area contributed by atoms with Gasteiger partial charge >= 0.3 is 0 Å². The Bertz CT molecular complexity index is 314. The molecular weight excluding hydrogens is 198 g/mol. The molecule has 2 nitrogen and oxygen atoms in total. The van der Waals surface area contributed by atoms with Gasteiger partial charge in [0.15, 0.2) is 0 Å². The standard InChI is InChI=1S/C11H15NO.ClH/c1-13-11-7-3-4-8-9(11)5-2-6-10(8)12;/h3-4,7,10H,2,5-6,12H2,1H3;1H. The molecule has 0 saturated heterocycles. The van der Waals surface area contributed by atoms with Crippen molar-refractivity contribution in [3.8, 4) is 5.75 Å². The van der Waals surface area contributed by atoms with Crippen LogP contribution in [0.1, 0.15) is 30.0 Å². The minimum absolute atomic E-state index is 0. The highest BCUT2D eigenvalue weighted by atomic mass is 35.5. The lowest BCUT2D eigenvalue weighted by Crippen LogP contribution is -3.00. The Hall–Kier alpha value is -0.730. The molecule has 0 heterocycles. The zero-order valence-electron chi connectivity index (χ0n) is 8.42. The van der Waals surface area contributed by atoms with E-state index in [2.05, 4.69) is 17.9 Å². The molecule has 0 fully saturated rings. The molecule has 0 aromatic heterocycles. The average molecular weight is 214 g/mol. The number of rotatable bonds is 1. The minimum atomic E-state index is 0. The van der Waals surface area contributed by atoms with Crippen molar-refractivity contribution < 1.29 is 22.9 Å². The van der Waals surface area contributed by atoms with Crippen molar-refractivity contribution >= 4 is 0 Å². The first-order chi connectivity index (χ1) is 6.33. The molecule has 1 aliphatic carbocycles. The summed E-state index contributed by atoms with van der Waals surface area (Å²) in [6.45, 7) is 0. The Morgan fingerprint density at radius 3 is 2.93 bits per heavy atom. The van der Waals surface area contributed by atoms with Crippen LogP contribution in [0.2, 0.25) is 0 Å². The van der Waals surface area contributed by atoms with Crippen LogP contribution >= 0.6 is 0 Å². The smallest absolute Gasteiger partial charge is 0.122 e. The van der Waals surface area contributed by atoms with Crippen molar-refractivity contribution in [1.82, 2.24) is 0 Å². The van der Waals surface area contributed by atoms with Gasteiger partial charge < -0.3 is 22.9 Å². The van der Waals surface area contributed by atoms with Crippen molar-refractivity contribution in [1.29, 1.82) is 0 Å². The number of hydrogen-bond acceptors (Lipinski definition) is 1. The second kappa shape index (κ2) is 4.67. The predicted octanol–water partition coefficient (Wildman–Crippen LogP) is -1.68. The lowest BCUT2D eigenvalue weighted by Gasteiger charge is -2.21. The summed E-state index contributed by atoms with van der Waals surface area (Å²) in [6.07, 6.45) is 3.59. The van der Waals surface area contributed by atoms with Crippen LogP contribution < -0.4 is 22.9 Å². The van der Waals surface area contributed by atoms with Gasteiger partial charge in [-0.15, -0.1) is 0 Å². The first-order valence-corrected chi connectivity index (χ1v) is 4.82. The van der Waals surface area contributed by atoms with Crippen LogP contribution in [0.15, 0.2) is 18.2 Å². The molecule has 14 heavy (non-hydrogen) atoms. The molecule has 1 aromatic rings. The zero-order valence-corrected chi connectivity index (χ0v) is 9.18. The Morgan fingerprint density at radius 1 is 1.43 bits per heavy atom. The second-order valence-electron chi connectivity index (χ2n) is 3.62. The molecule has 3 heteroatoms. The third kappa shape index (κ3) is 1.86. The van der Waals surface area contributed by atoms with E-state index in [0.717, 1.165) is 12.2 Å². The third-order valence-corrected chi connectivity index (χ3v) is 2.81. The van der Waals surface area contributed by atoms with Crippen LogP contribution in [0.4, 0.5) is 0 Å². The van der Waals surface area contributed by atoms with Crippen LogP contribution in [-0.4, -0.2) is 7.11 Å². The zero-order chi connectivity index (χ0) is 9.26. The lowest BCUT2D eigenvalue weighted by atomic mass is 9.88. The van der Waals surface area contributed by atoms with Gasteiger partial charge in [-0.1, -0.05) is 12.1 Å². The van der Waals surface area contributed by atoms with E-state index in [9.17, 15) is 0 Å². The second-order valence-corrected chi connectivity index (χ2v) is 3.62. The number of halogens is 1. The van der Waals surface area contributed by atoms with Crippen molar-refractivity contribution in [3.05, 3.63) is 29.3 Å². The predicted molar refractivity (Wildman–Crippen MR) is 51.6 cm³/mol. The maximum Gasteiger partial charge on any atom is 0.122 e.